The number of hydrogen-bond donors (Lipinski definition) is 1. The lowest BCUT2D eigenvalue weighted by Gasteiger charge is -2.15. The Kier molecular flexibility index (Phi) is 4.49. The zero-order chi connectivity index (χ0) is 14.6. The van der Waals surface area contributed by atoms with Crippen molar-refractivity contribution in [3.63, 3.8) is 0 Å². The zero-order valence-corrected chi connectivity index (χ0v) is 11.1. The first-order chi connectivity index (χ1) is 9.51. The van der Waals surface area contributed by atoms with Crippen LogP contribution in [0.4, 0.5) is 13.2 Å². The van der Waals surface area contributed by atoms with Gasteiger partial charge in [-0.2, -0.15) is 13.2 Å². The van der Waals surface area contributed by atoms with E-state index in [0.29, 0.717) is 12.3 Å². The molecule has 0 spiro atoms. The molecule has 2 nitrogen and oxygen atoms in total. The molecule has 0 heterocycles. The average molecular weight is 283 g/mol. The maximum absolute atomic E-state index is 12.2. The van der Waals surface area contributed by atoms with Gasteiger partial charge < -0.3 is 10.1 Å². The van der Waals surface area contributed by atoms with Crippen molar-refractivity contribution in [2.24, 2.45) is 0 Å². The highest BCUT2D eigenvalue weighted by atomic mass is 19.4. The fourth-order valence-electron chi connectivity index (χ4n) is 2.09. The van der Waals surface area contributed by atoms with Gasteiger partial charge in [0.1, 0.15) is 5.75 Å². The van der Waals surface area contributed by atoms with Crippen LogP contribution >= 0.6 is 0 Å². The van der Waals surface area contributed by atoms with Crippen LogP contribution in [0.25, 0.3) is 10.8 Å². The first kappa shape index (κ1) is 14.7. The molecule has 0 atom stereocenters. The van der Waals surface area contributed by atoms with Gasteiger partial charge in [-0.3, -0.25) is 0 Å². The molecule has 1 N–H and O–H groups in total. The maximum Gasteiger partial charge on any atom is 0.392 e. The minimum atomic E-state index is -4.19. The third-order valence-corrected chi connectivity index (χ3v) is 2.99. The van der Waals surface area contributed by atoms with Gasteiger partial charge in [0, 0.05) is 12.1 Å². The van der Waals surface area contributed by atoms with Crippen molar-refractivity contribution in [2.75, 3.05) is 13.7 Å². The maximum atomic E-state index is 12.2. The van der Waals surface area contributed by atoms with E-state index >= 15 is 0 Å². The smallest absolute Gasteiger partial charge is 0.392 e. The van der Waals surface area contributed by atoms with Gasteiger partial charge in [-0.15, -0.1) is 0 Å². The topological polar surface area (TPSA) is 21.3 Å². The predicted molar refractivity (Wildman–Crippen MR) is 72.9 cm³/mol. The number of halogens is 3. The first-order valence-corrected chi connectivity index (χ1v) is 6.36. The normalized spacial score (nSPS) is 11.8. The number of alkyl halides is 3. The monoisotopic (exact) mass is 283 g/mol. The number of rotatable bonds is 5. The summed E-state index contributed by atoms with van der Waals surface area (Å²) in [5.74, 6) is 0.502. The molecule has 0 radical (unpaired) electrons. The standard InChI is InChI=1S/C15H16F3NO/c1-19-10-13-12-5-3-2-4-11(12)6-7-14(13)20-9-8-15(16,17)18/h2-7,19H,8-10H2,1H3. The summed E-state index contributed by atoms with van der Waals surface area (Å²) in [5.41, 5.74) is 0.882. The molecule has 0 fully saturated rings. The summed E-state index contributed by atoms with van der Waals surface area (Å²) in [6, 6.07) is 11.3. The summed E-state index contributed by atoms with van der Waals surface area (Å²) in [5, 5.41) is 5.06. The van der Waals surface area contributed by atoms with Crippen LogP contribution in [0.5, 0.6) is 5.75 Å². The van der Waals surface area contributed by atoms with E-state index in [2.05, 4.69) is 5.32 Å². The number of nitrogens with one attached hydrogen (secondary N) is 1. The second-order valence-electron chi connectivity index (χ2n) is 4.51. The van der Waals surface area contributed by atoms with Gasteiger partial charge in [0.15, 0.2) is 0 Å². The van der Waals surface area contributed by atoms with Crippen molar-refractivity contribution in [3.8, 4) is 5.75 Å². The molecule has 5 heteroatoms. The van der Waals surface area contributed by atoms with E-state index in [9.17, 15) is 13.2 Å². The Hall–Kier alpha value is -1.75. The van der Waals surface area contributed by atoms with Crippen molar-refractivity contribution in [1.29, 1.82) is 0 Å². The van der Waals surface area contributed by atoms with Crippen LogP contribution in [-0.4, -0.2) is 19.8 Å². The summed E-state index contributed by atoms with van der Waals surface area (Å²) in [4.78, 5) is 0. The van der Waals surface area contributed by atoms with Crippen LogP contribution < -0.4 is 10.1 Å². The van der Waals surface area contributed by atoms with Gasteiger partial charge in [-0.25, -0.2) is 0 Å². The van der Waals surface area contributed by atoms with Crippen molar-refractivity contribution < 1.29 is 17.9 Å². The molecule has 2 aromatic carbocycles. The molecule has 0 aliphatic carbocycles. The third kappa shape index (κ3) is 3.63. The summed E-state index contributed by atoms with van der Waals surface area (Å²) in [7, 11) is 1.79. The number of ether oxygens (including phenoxy) is 1. The Morgan fingerprint density at radius 3 is 2.55 bits per heavy atom. The summed E-state index contributed by atoms with van der Waals surface area (Å²) in [6.45, 7) is 0.182. The van der Waals surface area contributed by atoms with Gasteiger partial charge in [0.05, 0.1) is 13.0 Å². The Morgan fingerprint density at radius 2 is 1.85 bits per heavy atom. The average Bonchev–Trinajstić information content (AvgIpc) is 2.40. The molecular weight excluding hydrogens is 267 g/mol. The fraction of sp³-hybridized carbons (Fsp3) is 0.333. The van der Waals surface area contributed by atoms with E-state index in [0.717, 1.165) is 16.3 Å². The second kappa shape index (κ2) is 6.13. The van der Waals surface area contributed by atoms with Gasteiger partial charge in [-0.05, 0) is 23.9 Å². The van der Waals surface area contributed by atoms with E-state index < -0.39 is 12.6 Å². The minimum Gasteiger partial charge on any atom is -0.493 e. The molecular formula is C15H16F3NO. The molecule has 20 heavy (non-hydrogen) atoms. The largest absolute Gasteiger partial charge is 0.493 e. The zero-order valence-electron chi connectivity index (χ0n) is 11.1. The molecule has 0 aliphatic heterocycles. The fourth-order valence-corrected chi connectivity index (χ4v) is 2.09. The lowest BCUT2D eigenvalue weighted by atomic mass is 10.0. The minimum absolute atomic E-state index is 0.363. The molecule has 0 saturated carbocycles. The third-order valence-electron chi connectivity index (χ3n) is 2.99. The molecule has 0 bridgehead atoms. The van der Waals surface area contributed by atoms with Crippen molar-refractivity contribution in [1.82, 2.24) is 5.32 Å². The first-order valence-electron chi connectivity index (χ1n) is 6.36. The van der Waals surface area contributed by atoms with Crippen LogP contribution in [0.2, 0.25) is 0 Å². The number of benzene rings is 2. The molecule has 0 amide bonds. The second-order valence-corrected chi connectivity index (χ2v) is 4.51. The van der Waals surface area contributed by atoms with Crippen LogP contribution in [0, 0.1) is 0 Å². The Balaban J connectivity index is 2.25. The van der Waals surface area contributed by atoms with E-state index in [1.54, 1.807) is 13.1 Å². The highest BCUT2D eigenvalue weighted by Crippen LogP contribution is 2.29. The molecule has 2 aromatic rings. The van der Waals surface area contributed by atoms with Crippen molar-refractivity contribution in [3.05, 3.63) is 42.0 Å². The van der Waals surface area contributed by atoms with Crippen LogP contribution in [-0.2, 0) is 6.54 Å². The SMILES string of the molecule is CNCc1c(OCCC(F)(F)F)ccc2ccccc12. The molecule has 0 saturated heterocycles. The number of fused-ring (bicyclic) bond motifs is 1. The molecule has 0 unspecified atom stereocenters. The number of hydrogen-bond acceptors (Lipinski definition) is 2. The van der Waals surface area contributed by atoms with Crippen LogP contribution in [0.3, 0.4) is 0 Å². The van der Waals surface area contributed by atoms with Gasteiger partial charge in [-0.1, -0.05) is 30.3 Å². The highest BCUT2D eigenvalue weighted by Gasteiger charge is 2.27. The van der Waals surface area contributed by atoms with E-state index in [1.807, 2.05) is 30.3 Å². The predicted octanol–water partition coefficient (Wildman–Crippen LogP) is 3.89. The lowest BCUT2D eigenvalue weighted by molar-refractivity contribution is -0.139. The summed E-state index contributed by atoms with van der Waals surface area (Å²) < 4.78 is 41.8. The van der Waals surface area contributed by atoms with Gasteiger partial charge in [0.25, 0.3) is 0 Å². The molecule has 2 rings (SSSR count). The van der Waals surface area contributed by atoms with Gasteiger partial charge in [0.2, 0.25) is 0 Å². The van der Waals surface area contributed by atoms with Crippen molar-refractivity contribution in [2.45, 2.75) is 19.1 Å². The van der Waals surface area contributed by atoms with E-state index in [4.69, 9.17) is 4.74 Å². The van der Waals surface area contributed by atoms with Gasteiger partial charge >= 0.3 is 6.18 Å². The Morgan fingerprint density at radius 1 is 1.10 bits per heavy atom. The molecule has 0 aromatic heterocycles. The lowest BCUT2D eigenvalue weighted by Crippen LogP contribution is -2.14. The molecule has 0 aliphatic rings. The van der Waals surface area contributed by atoms with Crippen LogP contribution in [0.1, 0.15) is 12.0 Å². The Labute approximate surface area is 115 Å². The van der Waals surface area contributed by atoms with Crippen molar-refractivity contribution >= 4 is 10.8 Å². The van der Waals surface area contributed by atoms with E-state index in [-0.39, 0.29) is 6.61 Å². The van der Waals surface area contributed by atoms with Crippen LogP contribution in [0.15, 0.2) is 36.4 Å². The summed E-state index contributed by atoms with van der Waals surface area (Å²) in [6.07, 6.45) is -5.14. The molecule has 108 valence electrons. The van der Waals surface area contributed by atoms with E-state index in [1.165, 1.54) is 0 Å². The highest BCUT2D eigenvalue weighted by molar-refractivity contribution is 5.87. The summed E-state index contributed by atoms with van der Waals surface area (Å²) >= 11 is 0. The quantitative estimate of drug-likeness (QED) is 0.899. The Bertz CT molecular complexity index is 581.